The highest BCUT2D eigenvalue weighted by molar-refractivity contribution is 9.10. The smallest absolute Gasteiger partial charge is 0.181 e. The van der Waals surface area contributed by atoms with Gasteiger partial charge in [-0.2, -0.15) is 0 Å². The summed E-state index contributed by atoms with van der Waals surface area (Å²) in [6, 6.07) is 14.2. The lowest BCUT2D eigenvalue weighted by atomic mass is 10.1. The van der Waals surface area contributed by atoms with Gasteiger partial charge >= 0.3 is 0 Å². The maximum Gasteiger partial charge on any atom is 0.181 e. The molecule has 0 bridgehead atoms. The number of benzene rings is 2. The Kier molecular flexibility index (Phi) is 2.48. The number of nitrogens with zero attached hydrogens (tertiary/aromatic N) is 1. The van der Waals surface area contributed by atoms with Gasteiger partial charge in [0.1, 0.15) is 5.69 Å². The Hall–Kier alpha value is -1.61. The van der Waals surface area contributed by atoms with Crippen LogP contribution in [0.25, 0.3) is 22.2 Å². The highest BCUT2D eigenvalue weighted by Gasteiger charge is 2.11. The molecule has 0 aliphatic carbocycles. The third-order valence-corrected chi connectivity index (χ3v) is 3.37. The molecular formula is C14H10BrNO. The van der Waals surface area contributed by atoms with Crippen molar-refractivity contribution in [1.29, 1.82) is 0 Å². The van der Waals surface area contributed by atoms with E-state index in [4.69, 9.17) is 4.52 Å². The number of aryl methyl sites for hydroxylation is 1. The molecule has 0 aliphatic rings. The lowest BCUT2D eigenvalue weighted by molar-refractivity contribution is 0.458. The molecule has 0 saturated carbocycles. The number of aromatic nitrogens is 1. The summed E-state index contributed by atoms with van der Waals surface area (Å²) in [4.78, 5) is 0. The zero-order valence-electron chi connectivity index (χ0n) is 9.27. The lowest BCUT2D eigenvalue weighted by Crippen LogP contribution is -1.79. The topological polar surface area (TPSA) is 26.0 Å². The van der Waals surface area contributed by atoms with E-state index in [2.05, 4.69) is 40.1 Å². The predicted molar refractivity (Wildman–Crippen MR) is 71.9 cm³/mol. The third-order valence-electron chi connectivity index (χ3n) is 2.74. The van der Waals surface area contributed by atoms with Crippen LogP contribution in [0.1, 0.15) is 5.56 Å². The average Bonchev–Trinajstić information content (AvgIpc) is 2.74. The van der Waals surface area contributed by atoms with Crippen molar-refractivity contribution in [3.05, 3.63) is 52.5 Å². The summed E-state index contributed by atoms with van der Waals surface area (Å²) in [7, 11) is 0. The summed E-state index contributed by atoms with van der Waals surface area (Å²) < 4.78 is 6.31. The van der Waals surface area contributed by atoms with Gasteiger partial charge in [0.25, 0.3) is 0 Å². The first kappa shape index (κ1) is 10.5. The number of fused-ring (bicyclic) bond motifs is 1. The Morgan fingerprint density at radius 1 is 1.12 bits per heavy atom. The van der Waals surface area contributed by atoms with Gasteiger partial charge in [0.15, 0.2) is 5.58 Å². The molecule has 2 aromatic carbocycles. The van der Waals surface area contributed by atoms with Crippen LogP contribution < -0.4 is 0 Å². The fourth-order valence-corrected chi connectivity index (χ4v) is 2.37. The average molecular weight is 288 g/mol. The normalized spacial score (nSPS) is 10.9. The molecule has 0 amide bonds. The zero-order chi connectivity index (χ0) is 11.8. The first-order chi connectivity index (χ1) is 8.25. The van der Waals surface area contributed by atoms with Crippen molar-refractivity contribution in [3.63, 3.8) is 0 Å². The third kappa shape index (κ3) is 1.76. The van der Waals surface area contributed by atoms with E-state index in [0.29, 0.717) is 0 Å². The molecular weight excluding hydrogens is 278 g/mol. The lowest BCUT2D eigenvalue weighted by Gasteiger charge is -1.98. The molecule has 1 heterocycles. The molecule has 84 valence electrons. The molecule has 0 N–H and O–H groups in total. The number of para-hydroxylation sites is 1. The Labute approximate surface area is 107 Å². The summed E-state index contributed by atoms with van der Waals surface area (Å²) in [5, 5.41) is 5.19. The molecule has 0 atom stereocenters. The van der Waals surface area contributed by atoms with Crippen molar-refractivity contribution >= 4 is 26.9 Å². The van der Waals surface area contributed by atoms with Crippen LogP contribution in [0.15, 0.2) is 51.5 Å². The van der Waals surface area contributed by atoms with Gasteiger partial charge in [0.2, 0.25) is 0 Å². The Balaban J connectivity index is 2.28. The van der Waals surface area contributed by atoms with E-state index in [1.807, 2.05) is 30.3 Å². The zero-order valence-corrected chi connectivity index (χ0v) is 10.9. The van der Waals surface area contributed by atoms with Crippen LogP contribution in [0.3, 0.4) is 0 Å². The van der Waals surface area contributed by atoms with Crippen molar-refractivity contribution in [2.45, 2.75) is 6.92 Å². The van der Waals surface area contributed by atoms with Gasteiger partial charge in [-0.05, 0) is 41.1 Å². The summed E-state index contributed by atoms with van der Waals surface area (Å²) >= 11 is 3.46. The quantitative estimate of drug-likeness (QED) is 0.655. The van der Waals surface area contributed by atoms with E-state index >= 15 is 0 Å². The van der Waals surface area contributed by atoms with Gasteiger partial charge in [-0.1, -0.05) is 35.0 Å². The molecule has 0 saturated heterocycles. The van der Waals surface area contributed by atoms with Gasteiger partial charge < -0.3 is 4.52 Å². The predicted octanol–water partition coefficient (Wildman–Crippen LogP) is 4.57. The van der Waals surface area contributed by atoms with E-state index in [1.165, 1.54) is 5.56 Å². The van der Waals surface area contributed by atoms with Gasteiger partial charge in [-0.15, -0.1) is 0 Å². The summed E-state index contributed by atoms with van der Waals surface area (Å²) in [6.45, 7) is 2.07. The maximum absolute atomic E-state index is 5.38. The molecule has 0 fully saturated rings. The van der Waals surface area contributed by atoms with Crippen LogP contribution in [0, 0.1) is 6.92 Å². The largest absolute Gasteiger partial charge is 0.354 e. The maximum atomic E-state index is 5.38. The summed E-state index contributed by atoms with van der Waals surface area (Å²) in [6.07, 6.45) is 0. The highest BCUT2D eigenvalue weighted by atomic mass is 79.9. The molecule has 0 aliphatic heterocycles. The Morgan fingerprint density at radius 2 is 1.94 bits per heavy atom. The van der Waals surface area contributed by atoms with E-state index in [-0.39, 0.29) is 0 Å². The molecule has 17 heavy (non-hydrogen) atoms. The minimum atomic E-state index is 0.795. The van der Waals surface area contributed by atoms with Crippen LogP contribution in [0.4, 0.5) is 0 Å². The van der Waals surface area contributed by atoms with Gasteiger partial charge in [-0.3, -0.25) is 0 Å². The molecule has 3 heteroatoms. The summed E-state index contributed by atoms with van der Waals surface area (Å²) in [5.41, 5.74) is 3.99. The van der Waals surface area contributed by atoms with Gasteiger partial charge in [0.05, 0.1) is 9.86 Å². The van der Waals surface area contributed by atoms with Crippen molar-refractivity contribution in [2.24, 2.45) is 0 Å². The van der Waals surface area contributed by atoms with Crippen molar-refractivity contribution in [3.8, 4) is 11.3 Å². The van der Waals surface area contributed by atoms with Gasteiger partial charge in [-0.25, -0.2) is 0 Å². The van der Waals surface area contributed by atoms with Gasteiger partial charge in [0, 0.05) is 5.56 Å². The number of halogens is 1. The van der Waals surface area contributed by atoms with Crippen LogP contribution in [-0.4, -0.2) is 5.16 Å². The van der Waals surface area contributed by atoms with E-state index in [9.17, 15) is 0 Å². The van der Waals surface area contributed by atoms with Crippen molar-refractivity contribution in [1.82, 2.24) is 5.16 Å². The molecule has 3 rings (SSSR count). The Bertz CT molecular complexity index is 688. The van der Waals surface area contributed by atoms with E-state index in [1.54, 1.807) is 0 Å². The first-order valence-electron chi connectivity index (χ1n) is 5.36. The van der Waals surface area contributed by atoms with Crippen LogP contribution in [0.2, 0.25) is 0 Å². The molecule has 0 unspecified atom stereocenters. The molecule has 3 aromatic rings. The highest BCUT2D eigenvalue weighted by Crippen LogP contribution is 2.32. The number of hydrogen-bond acceptors (Lipinski definition) is 2. The standard InChI is InChI=1S/C14H10BrNO/c1-9-4-2-5-10(8-9)13-11-6-3-7-12(15)14(11)17-16-13/h2-8H,1H3. The van der Waals surface area contributed by atoms with Crippen LogP contribution in [0.5, 0.6) is 0 Å². The van der Waals surface area contributed by atoms with Crippen molar-refractivity contribution in [2.75, 3.05) is 0 Å². The molecule has 0 radical (unpaired) electrons. The summed E-state index contributed by atoms with van der Waals surface area (Å²) in [5.74, 6) is 0. The fraction of sp³-hybridized carbons (Fsp3) is 0.0714. The van der Waals surface area contributed by atoms with Crippen LogP contribution in [-0.2, 0) is 0 Å². The Morgan fingerprint density at radius 3 is 2.76 bits per heavy atom. The molecule has 2 nitrogen and oxygen atoms in total. The van der Waals surface area contributed by atoms with Crippen LogP contribution >= 0.6 is 15.9 Å². The number of rotatable bonds is 1. The minimum Gasteiger partial charge on any atom is -0.354 e. The molecule has 1 aromatic heterocycles. The van der Waals surface area contributed by atoms with E-state index < -0.39 is 0 Å². The van der Waals surface area contributed by atoms with E-state index in [0.717, 1.165) is 26.7 Å². The number of hydrogen-bond donors (Lipinski definition) is 0. The minimum absolute atomic E-state index is 0.795. The second-order valence-electron chi connectivity index (χ2n) is 4.02. The van der Waals surface area contributed by atoms with Crippen molar-refractivity contribution < 1.29 is 4.52 Å². The second kappa shape index (κ2) is 4.00. The first-order valence-corrected chi connectivity index (χ1v) is 6.16. The SMILES string of the molecule is Cc1cccc(-c2noc3c(Br)cccc23)c1. The second-order valence-corrected chi connectivity index (χ2v) is 4.87. The molecule has 0 spiro atoms. The fourth-order valence-electron chi connectivity index (χ4n) is 1.93. The monoisotopic (exact) mass is 287 g/mol.